The van der Waals surface area contributed by atoms with Gasteiger partial charge < -0.3 is 19.6 Å². The normalized spacial score (nSPS) is 18.1. The highest BCUT2D eigenvalue weighted by Gasteiger charge is 2.21. The number of rotatable bonds is 9. The molecule has 0 aliphatic carbocycles. The standard InChI is InChI=1S/C29H41N3O3/c1-23(2)35-28-11-5-4-9-26(28)31-21-19-30(20-22-31)16-8-10-27(33)24-12-14-25(15-13-24)29(34)32-17-6-3-7-18-32/h4-5,9,11-15,23,27,33H,3,6-8,10,16-22H2,1-2H3. The van der Waals surface area contributed by atoms with Gasteiger partial charge in [0.15, 0.2) is 0 Å². The van der Waals surface area contributed by atoms with E-state index in [4.69, 9.17) is 4.74 Å². The number of aliphatic hydroxyl groups excluding tert-OH is 1. The zero-order valence-corrected chi connectivity index (χ0v) is 21.4. The molecule has 0 radical (unpaired) electrons. The quantitative estimate of drug-likeness (QED) is 0.563. The Morgan fingerprint density at radius 2 is 1.60 bits per heavy atom. The minimum atomic E-state index is -0.490. The van der Waals surface area contributed by atoms with Gasteiger partial charge in [-0.05, 0) is 82.3 Å². The maximum Gasteiger partial charge on any atom is 0.253 e. The molecule has 2 fully saturated rings. The number of hydrogen-bond acceptors (Lipinski definition) is 5. The van der Waals surface area contributed by atoms with Crippen molar-refractivity contribution in [3.05, 3.63) is 59.7 Å². The molecule has 2 aliphatic heterocycles. The van der Waals surface area contributed by atoms with Crippen LogP contribution < -0.4 is 9.64 Å². The fraction of sp³-hybridized carbons (Fsp3) is 0.552. The van der Waals surface area contributed by atoms with Gasteiger partial charge in [-0.15, -0.1) is 0 Å². The molecule has 1 amide bonds. The number of ether oxygens (including phenoxy) is 1. The molecule has 35 heavy (non-hydrogen) atoms. The van der Waals surface area contributed by atoms with Crippen LogP contribution in [0.5, 0.6) is 5.75 Å². The predicted octanol–water partition coefficient (Wildman–Crippen LogP) is 4.74. The molecule has 190 valence electrons. The van der Waals surface area contributed by atoms with Crippen LogP contribution in [0.4, 0.5) is 5.69 Å². The van der Waals surface area contributed by atoms with E-state index >= 15 is 0 Å². The Balaban J connectivity index is 1.20. The molecule has 0 aromatic heterocycles. The smallest absolute Gasteiger partial charge is 0.253 e. The average Bonchev–Trinajstić information content (AvgIpc) is 2.89. The largest absolute Gasteiger partial charge is 0.489 e. The van der Waals surface area contributed by atoms with Crippen molar-refractivity contribution in [3.8, 4) is 5.75 Å². The Kier molecular flexibility index (Phi) is 9.05. The first-order valence-electron chi connectivity index (χ1n) is 13.3. The summed E-state index contributed by atoms with van der Waals surface area (Å²) in [6.45, 7) is 10.8. The Labute approximate surface area is 210 Å². The van der Waals surface area contributed by atoms with Gasteiger partial charge in [-0.2, -0.15) is 0 Å². The van der Waals surface area contributed by atoms with Crippen molar-refractivity contribution < 1.29 is 14.6 Å². The van der Waals surface area contributed by atoms with Crippen LogP contribution in [0.15, 0.2) is 48.5 Å². The van der Waals surface area contributed by atoms with Crippen molar-refractivity contribution in [2.75, 3.05) is 50.7 Å². The molecule has 0 saturated carbocycles. The number of para-hydroxylation sites is 2. The van der Waals surface area contributed by atoms with Crippen molar-refractivity contribution in [1.82, 2.24) is 9.80 Å². The number of aliphatic hydroxyl groups is 1. The fourth-order valence-electron chi connectivity index (χ4n) is 5.09. The zero-order valence-electron chi connectivity index (χ0n) is 21.4. The highest BCUT2D eigenvalue weighted by atomic mass is 16.5. The van der Waals surface area contributed by atoms with Gasteiger partial charge >= 0.3 is 0 Å². The minimum Gasteiger partial charge on any atom is -0.489 e. The van der Waals surface area contributed by atoms with E-state index in [1.807, 2.05) is 35.2 Å². The number of carbonyl (C=O) groups is 1. The number of hydrogen-bond donors (Lipinski definition) is 1. The number of piperazine rings is 1. The first-order valence-corrected chi connectivity index (χ1v) is 13.3. The SMILES string of the molecule is CC(C)Oc1ccccc1N1CCN(CCCC(O)c2ccc(C(=O)N3CCCCC3)cc2)CC1. The number of nitrogens with zero attached hydrogens (tertiary/aromatic N) is 3. The lowest BCUT2D eigenvalue weighted by atomic mass is 10.0. The summed E-state index contributed by atoms with van der Waals surface area (Å²) in [5, 5.41) is 10.7. The van der Waals surface area contributed by atoms with Gasteiger partial charge in [-0.25, -0.2) is 0 Å². The van der Waals surface area contributed by atoms with Crippen molar-refractivity contribution >= 4 is 11.6 Å². The third-order valence-electron chi connectivity index (χ3n) is 7.08. The van der Waals surface area contributed by atoms with Crippen LogP contribution in [-0.2, 0) is 0 Å². The highest BCUT2D eigenvalue weighted by molar-refractivity contribution is 5.94. The Morgan fingerprint density at radius 3 is 2.29 bits per heavy atom. The van der Waals surface area contributed by atoms with Crippen LogP contribution in [0.1, 0.15) is 68.0 Å². The molecular weight excluding hydrogens is 438 g/mol. The number of benzene rings is 2. The molecule has 0 spiro atoms. The third-order valence-corrected chi connectivity index (χ3v) is 7.08. The second-order valence-corrected chi connectivity index (χ2v) is 10.1. The van der Waals surface area contributed by atoms with Gasteiger partial charge in [0.05, 0.1) is 17.9 Å². The van der Waals surface area contributed by atoms with Crippen LogP contribution in [0.3, 0.4) is 0 Å². The number of likely N-dealkylation sites (tertiary alicyclic amines) is 1. The molecule has 6 heteroatoms. The van der Waals surface area contributed by atoms with E-state index in [1.165, 1.54) is 12.1 Å². The Bertz CT molecular complexity index is 932. The molecule has 2 aromatic carbocycles. The predicted molar refractivity (Wildman–Crippen MR) is 141 cm³/mol. The second kappa shape index (κ2) is 12.4. The molecule has 2 aliphatic rings. The summed E-state index contributed by atoms with van der Waals surface area (Å²) in [5.41, 5.74) is 2.80. The molecule has 2 heterocycles. The van der Waals surface area contributed by atoms with Gasteiger partial charge in [0.25, 0.3) is 5.91 Å². The number of piperidine rings is 1. The Hall–Kier alpha value is -2.57. The first-order chi connectivity index (χ1) is 17.0. The summed E-state index contributed by atoms with van der Waals surface area (Å²) in [4.78, 5) is 19.5. The van der Waals surface area contributed by atoms with E-state index < -0.39 is 6.10 Å². The number of anilines is 1. The molecule has 1 atom stereocenters. The molecule has 2 aromatic rings. The van der Waals surface area contributed by atoms with Crippen LogP contribution in [0.2, 0.25) is 0 Å². The van der Waals surface area contributed by atoms with E-state index in [0.717, 1.165) is 88.4 Å². The lowest BCUT2D eigenvalue weighted by Gasteiger charge is -2.37. The summed E-state index contributed by atoms with van der Waals surface area (Å²) in [6.07, 6.45) is 4.75. The second-order valence-electron chi connectivity index (χ2n) is 10.1. The van der Waals surface area contributed by atoms with E-state index in [-0.39, 0.29) is 12.0 Å². The zero-order chi connectivity index (χ0) is 24.6. The van der Waals surface area contributed by atoms with Crippen molar-refractivity contribution in [1.29, 1.82) is 0 Å². The van der Waals surface area contributed by atoms with Crippen molar-refractivity contribution in [2.45, 2.75) is 58.2 Å². The molecule has 4 rings (SSSR count). The molecular formula is C29H41N3O3. The number of carbonyl (C=O) groups excluding carboxylic acids is 1. The van der Waals surface area contributed by atoms with Gasteiger partial charge in [0.2, 0.25) is 0 Å². The minimum absolute atomic E-state index is 0.114. The van der Waals surface area contributed by atoms with Crippen LogP contribution in [-0.4, -0.2) is 72.7 Å². The molecule has 1 unspecified atom stereocenters. The lowest BCUT2D eigenvalue weighted by molar-refractivity contribution is 0.0724. The van der Waals surface area contributed by atoms with Crippen LogP contribution in [0.25, 0.3) is 0 Å². The van der Waals surface area contributed by atoms with Gasteiger partial charge in [0.1, 0.15) is 5.75 Å². The van der Waals surface area contributed by atoms with Crippen molar-refractivity contribution in [3.63, 3.8) is 0 Å². The maximum absolute atomic E-state index is 12.7. The van der Waals surface area contributed by atoms with Crippen LogP contribution in [0, 0.1) is 0 Å². The van der Waals surface area contributed by atoms with Crippen molar-refractivity contribution in [2.24, 2.45) is 0 Å². The molecule has 1 N–H and O–H groups in total. The van der Waals surface area contributed by atoms with Gasteiger partial charge in [-0.1, -0.05) is 24.3 Å². The average molecular weight is 480 g/mol. The lowest BCUT2D eigenvalue weighted by Crippen LogP contribution is -2.46. The summed E-state index contributed by atoms with van der Waals surface area (Å²) in [6, 6.07) is 15.9. The summed E-state index contributed by atoms with van der Waals surface area (Å²) in [5.74, 6) is 1.07. The third kappa shape index (κ3) is 6.98. The van der Waals surface area contributed by atoms with Gasteiger partial charge in [-0.3, -0.25) is 9.69 Å². The molecule has 2 saturated heterocycles. The number of amides is 1. The van der Waals surface area contributed by atoms with Gasteiger partial charge in [0, 0.05) is 44.8 Å². The topological polar surface area (TPSA) is 56.2 Å². The Morgan fingerprint density at radius 1 is 0.914 bits per heavy atom. The summed E-state index contributed by atoms with van der Waals surface area (Å²) in [7, 11) is 0. The highest BCUT2D eigenvalue weighted by Crippen LogP contribution is 2.30. The van der Waals surface area contributed by atoms with E-state index in [9.17, 15) is 9.90 Å². The van der Waals surface area contributed by atoms with E-state index in [0.29, 0.717) is 0 Å². The monoisotopic (exact) mass is 479 g/mol. The summed E-state index contributed by atoms with van der Waals surface area (Å²) < 4.78 is 6.01. The maximum atomic E-state index is 12.7. The van der Waals surface area contributed by atoms with E-state index in [2.05, 4.69) is 41.8 Å². The first kappa shape index (κ1) is 25.5. The molecule has 0 bridgehead atoms. The molecule has 6 nitrogen and oxygen atoms in total. The van der Waals surface area contributed by atoms with Crippen LogP contribution >= 0.6 is 0 Å². The summed E-state index contributed by atoms with van der Waals surface area (Å²) >= 11 is 0. The fourth-order valence-corrected chi connectivity index (χ4v) is 5.09. The van der Waals surface area contributed by atoms with E-state index in [1.54, 1.807) is 0 Å².